The summed E-state index contributed by atoms with van der Waals surface area (Å²) in [5, 5.41) is 0. The highest BCUT2D eigenvalue weighted by molar-refractivity contribution is 9.10. The summed E-state index contributed by atoms with van der Waals surface area (Å²) in [5.74, 6) is 0. The van der Waals surface area contributed by atoms with Crippen LogP contribution < -0.4 is 0 Å². The van der Waals surface area contributed by atoms with Crippen LogP contribution in [0.4, 0.5) is 0 Å². The van der Waals surface area contributed by atoms with E-state index in [1.165, 1.54) is 10.5 Å². The van der Waals surface area contributed by atoms with Crippen LogP contribution in [-0.2, 0) is 11.1 Å². The molecule has 2 heterocycles. The summed E-state index contributed by atoms with van der Waals surface area (Å²) in [5.41, 5.74) is 1.19. The lowest BCUT2D eigenvalue weighted by Crippen LogP contribution is -2.35. The minimum atomic E-state index is -0.0718. The number of hydrogen-bond acceptors (Lipinski definition) is 2. The fraction of sp³-hybridized carbons (Fsp3) is 0.538. The second-order valence-electron chi connectivity index (χ2n) is 4.49. The average Bonchev–Trinajstić information content (AvgIpc) is 2.29. The Morgan fingerprint density at radius 1 is 1.31 bits per heavy atom. The van der Waals surface area contributed by atoms with E-state index in [4.69, 9.17) is 6.11 Å². The highest BCUT2D eigenvalue weighted by atomic mass is 79.9. The van der Waals surface area contributed by atoms with Gasteiger partial charge in [0, 0.05) is 28.7 Å². The first kappa shape index (κ1) is 9.98. The monoisotopic (exact) mass is 299 g/mol. The number of fused-ring (bicyclic) bond motifs is 1. The smallest absolute Gasteiger partial charge is 0.0479 e. The van der Waals surface area contributed by atoms with E-state index in [1.54, 1.807) is 0 Å². The number of hydrogen-bond donors (Lipinski definition) is 0. The number of ether oxygens (including phenoxy) is 1. The average molecular weight is 300 g/mol. The van der Waals surface area contributed by atoms with Crippen LogP contribution in [0.5, 0.6) is 0 Å². The van der Waals surface area contributed by atoms with Gasteiger partial charge in [-0.2, -0.15) is 0 Å². The summed E-state index contributed by atoms with van der Waals surface area (Å²) >= 11 is 5.49. The van der Waals surface area contributed by atoms with Crippen molar-refractivity contribution in [2.45, 2.75) is 35.3 Å². The van der Waals surface area contributed by atoms with Gasteiger partial charge < -0.3 is 4.74 Å². The number of halogens is 1. The highest BCUT2D eigenvalue weighted by Gasteiger charge is 2.36. The van der Waals surface area contributed by atoms with E-state index >= 15 is 0 Å². The minimum Gasteiger partial charge on any atom is -0.381 e. The molecule has 3 rings (SSSR count). The molecule has 0 saturated carbocycles. The Labute approximate surface area is 110 Å². The summed E-state index contributed by atoms with van der Waals surface area (Å²) in [6.07, 6.45) is 3.06. The van der Waals surface area contributed by atoms with Crippen LogP contribution in [-0.4, -0.2) is 18.0 Å². The lowest BCUT2D eigenvalue weighted by Gasteiger charge is -2.40. The van der Waals surface area contributed by atoms with E-state index < -0.39 is 0 Å². The van der Waals surface area contributed by atoms with E-state index in [1.807, 2.05) is 17.8 Å². The van der Waals surface area contributed by atoms with Gasteiger partial charge in [-0.1, -0.05) is 22.0 Å². The second-order valence-corrected chi connectivity index (χ2v) is 6.91. The summed E-state index contributed by atoms with van der Waals surface area (Å²) in [6.45, 7) is 1.70. The van der Waals surface area contributed by atoms with Crippen LogP contribution >= 0.6 is 27.7 Å². The Morgan fingerprint density at radius 2 is 2.12 bits per heavy atom. The van der Waals surface area contributed by atoms with Crippen LogP contribution in [0.2, 0.25) is 0 Å². The van der Waals surface area contributed by atoms with Crippen molar-refractivity contribution in [1.29, 1.82) is 0 Å². The van der Waals surface area contributed by atoms with Crippen molar-refractivity contribution in [2.75, 3.05) is 13.2 Å². The third kappa shape index (κ3) is 2.05. The van der Waals surface area contributed by atoms with Gasteiger partial charge in [-0.3, -0.25) is 0 Å². The number of aryl methyl sites for hydroxylation is 1. The molecule has 1 nitrogen and oxygen atoms in total. The molecule has 16 heavy (non-hydrogen) atoms. The zero-order chi connectivity index (χ0) is 11.9. The van der Waals surface area contributed by atoms with Crippen molar-refractivity contribution in [3.63, 3.8) is 0 Å². The Kier molecular flexibility index (Phi) is 2.72. The SMILES string of the molecule is [2H]C1CC2(CCOCC2)Sc2cc(Br)ccc21. The Hall–Kier alpha value is 0.01000. The summed E-state index contributed by atoms with van der Waals surface area (Å²) in [4.78, 5) is 1.28. The first-order valence-electron chi connectivity index (χ1n) is 6.25. The van der Waals surface area contributed by atoms with E-state index in [9.17, 15) is 0 Å². The second kappa shape index (κ2) is 4.35. The molecule has 2 aliphatic heterocycles. The van der Waals surface area contributed by atoms with Gasteiger partial charge in [-0.25, -0.2) is 0 Å². The molecule has 1 fully saturated rings. The van der Waals surface area contributed by atoms with Gasteiger partial charge in [0.25, 0.3) is 0 Å². The van der Waals surface area contributed by atoms with Gasteiger partial charge in [-0.15, -0.1) is 11.8 Å². The maximum atomic E-state index is 8.32. The zero-order valence-corrected chi connectivity index (χ0v) is 11.4. The summed E-state index contributed by atoms with van der Waals surface area (Å²) in [6, 6.07) is 6.30. The molecular formula is C13H15BrOS. The first-order chi connectivity index (χ1) is 8.19. The molecule has 86 valence electrons. The van der Waals surface area contributed by atoms with E-state index in [2.05, 4.69) is 28.1 Å². The minimum absolute atomic E-state index is 0.0718. The molecule has 0 amide bonds. The molecule has 1 spiro atoms. The number of rotatable bonds is 0. The summed E-state index contributed by atoms with van der Waals surface area (Å²) in [7, 11) is 0. The van der Waals surface area contributed by atoms with Crippen LogP contribution in [0.25, 0.3) is 0 Å². The van der Waals surface area contributed by atoms with Crippen molar-refractivity contribution in [3.05, 3.63) is 28.2 Å². The molecule has 2 aliphatic rings. The first-order valence-corrected chi connectivity index (χ1v) is 7.28. The van der Waals surface area contributed by atoms with Gasteiger partial charge in [-0.05, 0) is 43.4 Å². The molecule has 0 aliphatic carbocycles. The van der Waals surface area contributed by atoms with Crippen LogP contribution in [0, 0.1) is 0 Å². The van der Waals surface area contributed by atoms with E-state index in [0.29, 0.717) is 0 Å². The van der Waals surface area contributed by atoms with Gasteiger partial charge in [0.2, 0.25) is 0 Å². The molecule has 0 radical (unpaired) electrons. The van der Waals surface area contributed by atoms with Gasteiger partial charge >= 0.3 is 0 Å². The largest absolute Gasteiger partial charge is 0.381 e. The third-order valence-electron chi connectivity index (χ3n) is 3.40. The standard InChI is InChI=1S/C13H15BrOS/c14-11-2-1-10-3-4-13(16-12(10)9-11)5-7-15-8-6-13/h1-2,9H,3-8H2/i3D. The molecule has 1 aromatic rings. The highest BCUT2D eigenvalue weighted by Crippen LogP contribution is 2.49. The lowest BCUT2D eigenvalue weighted by atomic mass is 9.91. The predicted molar refractivity (Wildman–Crippen MR) is 71.1 cm³/mol. The van der Waals surface area contributed by atoms with Crippen molar-refractivity contribution in [1.82, 2.24) is 0 Å². The summed E-state index contributed by atoms with van der Waals surface area (Å²) < 4.78 is 15.1. The van der Waals surface area contributed by atoms with Crippen LogP contribution in [0.3, 0.4) is 0 Å². The van der Waals surface area contributed by atoms with Crippen LogP contribution in [0.15, 0.2) is 27.6 Å². The van der Waals surface area contributed by atoms with Crippen molar-refractivity contribution in [2.24, 2.45) is 0 Å². The molecule has 1 saturated heterocycles. The Balaban J connectivity index is 1.95. The van der Waals surface area contributed by atoms with Gasteiger partial charge in [0.05, 0.1) is 0 Å². The normalized spacial score (nSPS) is 28.6. The Morgan fingerprint density at radius 3 is 2.94 bits per heavy atom. The fourth-order valence-electron chi connectivity index (χ4n) is 2.39. The van der Waals surface area contributed by atoms with E-state index in [0.717, 1.165) is 36.9 Å². The lowest BCUT2D eigenvalue weighted by molar-refractivity contribution is 0.0747. The van der Waals surface area contributed by atoms with Crippen LogP contribution in [0.1, 0.15) is 26.2 Å². The van der Waals surface area contributed by atoms with Crippen molar-refractivity contribution >= 4 is 27.7 Å². The molecule has 1 unspecified atom stereocenters. The zero-order valence-electron chi connectivity index (χ0n) is 10.0. The molecule has 3 heteroatoms. The fourth-order valence-corrected chi connectivity index (χ4v) is 4.36. The molecule has 0 bridgehead atoms. The van der Waals surface area contributed by atoms with Crippen molar-refractivity contribution < 1.29 is 6.11 Å². The molecular weight excluding hydrogens is 284 g/mol. The number of benzene rings is 1. The molecule has 0 N–H and O–H groups in total. The quantitative estimate of drug-likeness (QED) is 0.715. The van der Waals surface area contributed by atoms with Crippen molar-refractivity contribution in [3.8, 4) is 0 Å². The van der Waals surface area contributed by atoms with Gasteiger partial charge in [0.15, 0.2) is 0 Å². The molecule has 1 aromatic carbocycles. The molecule has 1 atom stereocenters. The van der Waals surface area contributed by atoms with Gasteiger partial charge in [0.1, 0.15) is 0 Å². The number of thioether (sulfide) groups is 1. The maximum Gasteiger partial charge on any atom is 0.0479 e. The van der Waals surface area contributed by atoms with E-state index in [-0.39, 0.29) is 11.1 Å². The molecule has 0 aromatic heterocycles. The predicted octanol–water partition coefficient (Wildman–Crippen LogP) is 4.04. The maximum absolute atomic E-state index is 8.32. The topological polar surface area (TPSA) is 9.23 Å². The Bertz CT molecular complexity index is 431. The third-order valence-corrected chi connectivity index (χ3v) is 5.47.